The van der Waals surface area contributed by atoms with Crippen molar-refractivity contribution >= 4 is 137 Å². The van der Waals surface area contributed by atoms with Gasteiger partial charge in [-0.05, 0) is 164 Å². The van der Waals surface area contributed by atoms with Crippen LogP contribution in [-0.2, 0) is 0 Å². The molecular weight excluding hydrogens is 937 g/mol. The predicted molar refractivity (Wildman–Crippen MR) is 289 cm³/mol. The first kappa shape index (κ1) is 43.5. The number of aromatic nitrogens is 4. The number of nitrogens with one attached hydrogen (secondary N) is 2. The SMILES string of the molecule is C1=Cc2cc3ccc(cc4ccc(cc5nc(cc1n2)C=C5)[nH]4)[nH]3.c1csc(-c2cccs2)c1.c1csc(-c2cccs2)c1.c1csc(-c2cccs2)c1.c1csc(-c2cccs2)c1. The number of nitrogens with zero attached hydrogens (tertiary/aromatic N) is 2. The molecule has 0 amide bonds. The Morgan fingerprint density at radius 1 is 0.250 bits per heavy atom. The van der Waals surface area contributed by atoms with Crippen LogP contribution in [0.25, 0.3) is 85.4 Å². The standard InChI is InChI=1S/C20H14N4.4C8H6S2/c1-2-14-10-16-5-6-18(23-16)12-20-8-7-19(24-20)11-17-4-3-15(22-17)9-13(1)21-14;4*1-3-7(9-5-1)8-4-2-6-10-8/h1-12,21-22H;4*1-6H. The van der Waals surface area contributed by atoms with E-state index in [-0.39, 0.29) is 0 Å². The van der Waals surface area contributed by atoms with E-state index in [0.717, 1.165) is 44.8 Å². The number of thiophene rings is 8. The maximum absolute atomic E-state index is 4.62. The molecule has 13 rings (SSSR count). The van der Waals surface area contributed by atoms with E-state index < -0.39 is 0 Å². The molecule has 4 nitrogen and oxygen atoms in total. The molecule has 2 aliphatic rings. The number of fused-ring (bicyclic) bond motifs is 8. The molecule has 13 heterocycles. The van der Waals surface area contributed by atoms with Gasteiger partial charge in [0, 0.05) is 61.1 Å². The number of aromatic amines is 2. The van der Waals surface area contributed by atoms with Crippen LogP contribution in [-0.4, -0.2) is 19.9 Å². The zero-order valence-corrected chi connectivity index (χ0v) is 40.5. The van der Waals surface area contributed by atoms with E-state index in [2.05, 4.69) is 190 Å². The van der Waals surface area contributed by atoms with Gasteiger partial charge >= 0.3 is 0 Å². The predicted octanol–water partition coefficient (Wildman–Crippen LogP) is 18.6. The third kappa shape index (κ3) is 12.3. The van der Waals surface area contributed by atoms with Crippen molar-refractivity contribution in [1.82, 2.24) is 19.9 Å². The van der Waals surface area contributed by atoms with Gasteiger partial charge in [0.25, 0.3) is 0 Å². The topological polar surface area (TPSA) is 57.4 Å². The lowest BCUT2D eigenvalue weighted by molar-refractivity contribution is 1.28. The van der Waals surface area contributed by atoms with E-state index in [0.29, 0.717) is 0 Å². The highest BCUT2D eigenvalue weighted by molar-refractivity contribution is 7.21. The van der Waals surface area contributed by atoms with Crippen molar-refractivity contribution in [1.29, 1.82) is 0 Å². The Kier molecular flexibility index (Phi) is 15.1. The Hall–Kier alpha value is -5.80. The van der Waals surface area contributed by atoms with Crippen LogP contribution in [0.4, 0.5) is 0 Å². The zero-order chi connectivity index (χ0) is 43.2. The van der Waals surface area contributed by atoms with Crippen molar-refractivity contribution in [2.45, 2.75) is 0 Å². The molecule has 314 valence electrons. The molecule has 2 aliphatic heterocycles. The minimum Gasteiger partial charge on any atom is -0.355 e. The fourth-order valence-corrected chi connectivity index (χ4v) is 12.6. The summed E-state index contributed by atoms with van der Waals surface area (Å²) in [7, 11) is 0. The van der Waals surface area contributed by atoms with Crippen LogP contribution < -0.4 is 0 Å². The second-order valence-electron chi connectivity index (χ2n) is 13.7. The molecule has 2 N–H and O–H groups in total. The van der Waals surface area contributed by atoms with E-state index in [9.17, 15) is 0 Å². The molecule has 11 aromatic heterocycles. The summed E-state index contributed by atoms with van der Waals surface area (Å²) < 4.78 is 0. The highest BCUT2D eigenvalue weighted by atomic mass is 32.1. The minimum absolute atomic E-state index is 0.915. The van der Waals surface area contributed by atoms with Gasteiger partial charge in [-0.3, -0.25) is 0 Å². The molecule has 64 heavy (non-hydrogen) atoms. The number of rotatable bonds is 4. The molecule has 0 radical (unpaired) electrons. The van der Waals surface area contributed by atoms with Crippen LogP contribution in [0.5, 0.6) is 0 Å². The monoisotopic (exact) mass is 974 g/mol. The zero-order valence-electron chi connectivity index (χ0n) is 33.9. The summed E-state index contributed by atoms with van der Waals surface area (Å²) in [5, 5.41) is 16.8. The molecule has 11 aromatic rings. The van der Waals surface area contributed by atoms with Gasteiger partial charge in [0.05, 0.1) is 22.8 Å². The van der Waals surface area contributed by atoms with Crippen LogP contribution in [0.1, 0.15) is 22.8 Å². The van der Waals surface area contributed by atoms with Crippen LogP contribution in [0, 0.1) is 0 Å². The molecule has 0 fully saturated rings. The maximum Gasteiger partial charge on any atom is 0.0659 e. The summed E-state index contributed by atoms with van der Waals surface area (Å²) in [4.78, 5) is 27.0. The van der Waals surface area contributed by atoms with Crippen molar-refractivity contribution in [3.8, 4) is 39.0 Å². The van der Waals surface area contributed by atoms with Gasteiger partial charge in [-0.2, -0.15) is 0 Å². The molecule has 0 aliphatic carbocycles. The fraction of sp³-hybridized carbons (Fsp3) is 0. The van der Waals surface area contributed by atoms with E-state index in [1.807, 2.05) is 42.5 Å². The minimum atomic E-state index is 0.915. The van der Waals surface area contributed by atoms with E-state index in [1.165, 1.54) is 39.0 Å². The van der Waals surface area contributed by atoms with Crippen LogP contribution in [0.15, 0.2) is 189 Å². The van der Waals surface area contributed by atoms with Crippen LogP contribution in [0.3, 0.4) is 0 Å². The number of hydrogen-bond acceptors (Lipinski definition) is 10. The Morgan fingerprint density at radius 2 is 0.469 bits per heavy atom. The third-order valence-corrected chi connectivity index (χ3v) is 16.9. The smallest absolute Gasteiger partial charge is 0.0659 e. The fourth-order valence-electron chi connectivity index (χ4n) is 6.29. The average molecular weight is 975 g/mol. The molecule has 8 bridgehead atoms. The molecule has 0 spiro atoms. The summed E-state index contributed by atoms with van der Waals surface area (Å²) in [5.74, 6) is 0. The first-order valence-corrected chi connectivity index (χ1v) is 27.0. The van der Waals surface area contributed by atoms with Gasteiger partial charge in [-0.15, -0.1) is 90.7 Å². The lowest BCUT2D eigenvalue weighted by Gasteiger charge is -1.86. The lowest BCUT2D eigenvalue weighted by atomic mass is 10.3. The van der Waals surface area contributed by atoms with Crippen LogP contribution in [0.2, 0.25) is 0 Å². The van der Waals surface area contributed by atoms with E-state index >= 15 is 0 Å². The van der Waals surface area contributed by atoms with Crippen molar-refractivity contribution in [2.24, 2.45) is 0 Å². The normalized spacial score (nSPS) is 11.0. The molecule has 0 saturated heterocycles. The van der Waals surface area contributed by atoms with Crippen molar-refractivity contribution in [3.63, 3.8) is 0 Å². The molecular formula is C52H38N4S8. The van der Waals surface area contributed by atoms with E-state index in [4.69, 9.17) is 0 Å². The Morgan fingerprint density at radius 3 is 0.688 bits per heavy atom. The summed E-state index contributed by atoms with van der Waals surface area (Å²) in [5.41, 5.74) is 7.86. The largest absolute Gasteiger partial charge is 0.355 e. The van der Waals surface area contributed by atoms with Gasteiger partial charge < -0.3 is 9.97 Å². The third-order valence-electron chi connectivity index (χ3n) is 9.18. The number of H-pyrrole nitrogens is 2. The van der Waals surface area contributed by atoms with Crippen molar-refractivity contribution < 1.29 is 0 Å². The van der Waals surface area contributed by atoms with Crippen molar-refractivity contribution in [2.75, 3.05) is 0 Å². The highest BCUT2D eigenvalue weighted by Gasteiger charge is 2.03. The average Bonchev–Trinajstić information content (AvgIpc) is 4.16. The summed E-state index contributed by atoms with van der Waals surface area (Å²) in [6.07, 6.45) is 8.05. The van der Waals surface area contributed by atoms with Crippen LogP contribution >= 0.6 is 90.7 Å². The highest BCUT2D eigenvalue weighted by Crippen LogP contribution is 2.31. The number of hydrogen-bond donors (Lipinski definition) is 2. The summed E-state index contributed by atoms with van der Waals surface area (Å²) >= 11 is 14.3. The van der Waals surface area contributed by atoms with Gasteiger partial charge in [-0.25, -0.2) is 9.97 Å². The second kappa shape index (κ2) is 22.2. The first-order valence-electron chi connectivity index (χ1n) is 20.0. The molecule has 12 heteroatoms. The molecule has 0 saturated carbocycles. The Balaban J connectivity index is 0.000000109. The summed E-state index contributed by atoms with van der Waals surface area (Å²) in [6, 6.07) is 50.3. The second-order valence-corrected chi connectivity index (χ2v) is 21.3. The van der Waals surface area contributed by atoms with Gasteiger partial charge in [0.1, 0.15) is 0 Å². The Labute approximate surface area is 403 Å². The first-order chi connectivity index (χ1) is 31.7. The molecule has 0 aromatic carbocycles. The lowest BCUT2D eigenvalue weighted by Crippen LogP contribution is -1.77. The maximum atomic E-state index is 4.62. The quantitative estimate of drug-likeness (QED) is 0.185. The van der Waals surface area contributed by atoms with Gasteiger partial charge in [-0.1, -0.05) is 48.5 Å². The summed E-state index contributed by atoms with van der Waals surface area (Å²) in [6.45, 7) is 0. The molecule has 0 unspecified atom stereocenters. The van der Waals surface area contributed by atoms with Gasteiger partial charge in [0.2, 0.25) is 0 Å². The Bertz CT molecular complexity index is 2760. The van der Waals surface area contributed by atoms with E-state index in [1.54, 1.807) is 90.7 Å². The van der Waals surface area contributed by atoms with Crippen molar-refractivity contribution in [3.05, 3.63) is 211 Å². The molecule has 0 atom stereocenters. The van der Waals surface area contributed by atoms with Gasteiger partial charge in [0.15, 0.2) is 0 Å².